The Hall–Kier alpha value is -3.12. The van der Waals surface area contributed by atoms with Crippen molar-refractivity contribution in [2.45, 2.75) is 19.9 Å². The van der Waals surface area contributed by atoms with Crippen molar-refractivity contribution in [2.24, 2.45) is 10.1 Å². The Balaban J connectivity index is 1.84. The number of hydrogen-bond acceptors (Lipinski definition) is 5. The molecule has 0 aliphatic heterocycles. The fraction of sp³-hybridized carbons (Fsp3) is 0.182. The Morgan fingerprint density at radius 1 is 1.11 bits per heavy atom. The molecule has 0 radical (unpaired) electrons. The van der Waals surface area contributed by atoms with Crippen molar-refractivity contribution in [3.05, 3.63) is 70.3 Å². The van der Waals surface area contributed by atoms with Gasteiger partial charge in [0.05, 0.1) is 13.3 Å². The third kappa shape index (κ3) is 3.64. The summed E-state index contributed by atoms with van der Waals surface area (Å²) in [5, 5.41) is 7.80. The van der Waals surface area contributed by atoms with E-state index in [1.54, 1.807) is 24.7 Å². The molecule has 0 amide bonds. The summed E-state index contributed by atoms with van der Waals surface area (Å²) in [6.45, 7) is 4.10. The van der Waals surface area contributed by atoms with E-state index in [4.69, 9.17) is 19.2 Å². The van der Waals surface area contributed by atoms with E-state index in [1.807, 2.05) is 64.7 Å². The van der Waals surface area contributed by atoms with Gasteiger partial charge in [-0.05, 0) is 38.1 Å². The highest BCUT2D eigenvalue weighted by atomic mass is 32.1. The molecule has 2 aromatic carbocycles. The van der Waals surface area contributed by atoms with Gasteiger partial charge in [0.2, 0.25) is 4.80 Å². The van der Waals surface area contributed by atoms with E-state index < -0.39 is 0 Å². The van der Waals surface area contributed by atoms with Gasteiger partial charge in [0.1, 0.15) is 17.0 Å². The SMILES string of the molecule is COc1ccccc1C=Nn1c(-c2cc3ccccc3o2)csc1=NC(C)C. The number of benzene rings is 2. The second-order valence-electron chi connectivity index (χ2n) is 6.57. The lowest BCUT2D eigenvalue weighted by atomic mass is 10.2. The normalized spacial score (nSPS) is 12.5. The molecular formula is C22H21N3O2S. The average Bonchev–Trinajstić information content (AvgIpc) is 3.29. The van der Waals surface area contributed by atoms with E-state index >= 15 is 0 Å². The first kappa shape index (κ1) is 18.3. The van der Waals surface area contributed by atoms with E-state index in [0.717, 1.165) is 38.5 Å². The quantitative estimate of drug-likeness (QED) is 0.441. The van der Waals surface area contributed by atoms with Gasteiger partial charge in [-0.2, -0.15) is 5.10 Å². The molecule has 142 valence electrons. The maximum atomic E-state index is 6.06. The fourth-order valence-electron chi connectivity index (χ4n) is 2.89. The molecule has 6 heteroatoms. The van der Waals surface area contributed by atoms with Crippen molar-refractivity contribution in [3.8, 4) is 17.2 Å². The van der Waals surface area contributed by atoms with Gasteiger partial charge in [0.15, 0.2) is 5.76 Å². The minimum atomic E-state index is 0.162. The average molecular weight is 391 g/mol. The molecule has 0 N–H and O–H groups in total. The van der Waals surface area contributed by atoms with Gasteiger partial charge >= 0.3 is 0 Å². The highest BCUT2D eigenvalue weighted by Gasteiger charge is 2.13. The monoisotopic (exact) mass is 391 g/mol. The highest BCUT2D eigenvalue weighted by molar-refractivity contribution is 7.07. The first-order valence-corrected chi connectivity index (χ1v) is 9.94. The van der Waals surface area contributed by atoms with Crippen LogP contribution in [0.5, 0.6) is 5.75 Å². The minimum absolute atomic E-state index is 0.162. The van der Waals surface area contributed by atoms with Gasteiger partial charge < -0.3 is 9.15 Å². The summed E-state index contributed by atoms with van der Waals surface area (Å²) in [5.41, 5.74) is 2.62. The summed E-state index contributed by atoms with van der Waals surface area (Å²) >= 11 is 1.55. The van der Waals surface area contributed by atoms with Gasteiger partial charge in [-0.15, -0.1) is 11.3 Å². The zero-order valence-electron chi connectivity index (χ0n) is 16.0. The molecule has 2 heterocycles. The number of rotatable bonds is 5. The molecule has 0 saturated heterocycles. The van der Waals surface area contributed by atoms with Crippen molar-refractivity contribution in [3.63, 3.8) is 0 Å². The standard InChI is InChI=1S/C22H21N3O2S/c1-15(2)24-22-25(23-13-17-9-5-6-10-19(17)26-3)18(14-28-22)21-12-16-8-4-7-11-20(16)27-21/h4-15H,1-3H3. The number of aromatic nitrogens is 1. The Kier molecular flexibility index (Phi) is 5.12. The summed E-state index contributed by atoms with van der Waals surface area (Å²) in [4.78, 5) is 5.53. The third-order valence-corrected chi connectivity index (χ3v) is 5.01. The van der Waals surface area contributed by atoms with Crippen molar-refractivity contribution < 1.29 is 9.15 Å². The van der Waals surface area contributed by atoms with Crippen LogP contribution in [0.25, 0.3) is 22.4 Å². The zero-order chi connectivity index (χ0) is 19.5. The molecule has 5 nitrogen and oxygen atoms in total. The summed E-state index contributed by atoms with van der Waals surface area (Å²) in [5.74, 6) is 1.54. The van der Waals surface area contributed by atoms with Crippen molar-refractivity contribution in [1.82, 2.24) is 4.68 Å². The molecule has 4 aromatic rings. The highest BCUT2D eigenvalue weighted by Crippen LogP contribution is 2.28. The van der Waals surface area contributed by atoms with Gasteiger partial charge in [-0.1, -0.05) is 30.3 Å². The molecule has 0 aliphatic rings. The molecule has 0 spiro atoms. The van der Waals surface area contributed by atoms with Crippen molar-refractivity contribution >= 4 is 28.5 Å². The van der Waals surface area contributed by atoms with Gasteiger partial charge in [0.25, 0.3) is 0 Å². The maximum Gasteiger partial charge on any atom is 0.206 e. The predicted octanol–water partition coefficient (Wildman–Crippen LogP) is 5.16. The molecular weight excluding hydrogens is 370 g/mol. The van der Waals surface area contributed by atoms with Gasteiger partial charge in [-0.25, -0.2) is 4.68 Å². The van der Waals surface area contributed by atoms with Crippen LogP contribution >= 0.6 is 11.3 Å². The number of thiazole rings is 1. The van der Waals surface area contributed by atoms with E-state index in [0.29, 0.717) is 0 Å². The van der Waals surface area contributed by atoms with E-state index in [2.05, 4.69) is 13.8 Å². The number of hydrogen-bond donors (Lipinski definition) is 0. The smallest absolute Gasteiger partial charge is 0.206 e. The van der Waals surface area contributed by atoms with Crippen molar-refractivity contribution in [1.29, 1.82) is 0 Å². The van der Waals surface area contributed by atoms with E-state index in [1.165, 1.54) is 0 Å². The predicted molar refractivity (Wildman–Crippen MR) is 114 cm³/mol. The van der Waals surface area contributed by atoms with Crippen LogP contribution in [0.2, 0.25) is 0 Å². The molecule has 0 fully saturated rings. The summed E-state index contributed by atoms with van der Waals surface area (Å²) in [6, 6.07) is 18.0. The molecule has 2 aromatic heterocycles. The fourth-order valence-corrected chi connectivity index (χ4v) is 3.84. The van der Waals surface area contributed by atoms with Crippen LogP contribution in [0.3, 0.4) is 0 Å². The lowest BCUT2D eigenvalue weighted by Gasteiger charge is -2.04. The van der Waals surface area contributed by atoms with Crippen LogP contribution in [-0.4, -0.2) is 24.0 Å². The van der Waals surface area contributed by atoms with Crippen LogP contribution < -0.4 is 9.54 Å². The number of para-hydroxylation sites is 2. The van der Waals surface area contributed by atoms with Crippen molar-refractivity contribution in [2.75, 3.05) is 7.11 Å². The number of furan rings is 1. The summed E-state index contributed by atoms with van der Waals surface area (Å²) in [7, 11) is 1.66. The number of ether oxygens (including phenoxy) is 1. The summed E-state index contributed by atoms with van der Waals surface area (Å²) in [6.07, 6.45) is 1.79. The largest absolute Gasteiger partial charge is 0.496 e. The topological polar surface area (TPSA) is 52.0 Å². The Morgan fingerprint density at radius 2 is 1.89 bits per heavy atom. The second kappa shape index (κ2) is 7.86. The molecule has 0 atom stereocenters. The van der Waals surface area contributed by atoms with Gasteiger partial charge in [-0.3, -0.25) is 4.99 Å². The van der Waals surface area contributed by atoms with Crippen LogP contribution in [0.1, 0.15) is 19.4 Å². The Morgan fingerprint density at radius 3 is 2.68 bits per heavy atom. The molecule has 0 unspecified atom stereocenters. The van der Waals surface area contributed by atoms with Crippen LogP contribution in [0.4, 0.5) is 0 Å². The lowest BCUT2D eigenvalue weighted by Crippen LogP contribution is -2.14. The van der Waals surface area contributed by atoms with Crippen LogP contribution in [0.15, 0.2) is 74.5 Å². The first-order valence-electron chi connectivity index (χ1n) is 9.06. The van der Waals surface area contributed by atoms with E-state index in [-0.39, 0.29) is 6.04 Å². The van der Waals surface area contributed by atoms with Gasteiger partial charge in [0, 0.05) is 22.4 Å². The van der Waals surface area contributed by atoms with Crippen LogP contribution in [-0.2, 0) is 0 Å². The van der Waals surface area contributed by atoms with E-state index in [9.17, 15) is 0 Å². The minimum Gasteiger partial charge on any atom is -0.496 e. The summed E-state index contributed by atoms with van der Waals surface area (Å²) < 4.78 is 13.3. The molecule has 28 heavy (non-hydrogen) atoms. The maximum absolute atomic E-state index is 6.06. The zero-order valence-corrected chi connectivity index (χ0v) is 16.8. The van der Waals surface area contributed by atoms with Crippen LogP contribution in [0, 0.1) is 0 Å². The number of nitrogens with zero attached hydrogens (tertiary/aromatic N) is 3. The lowest BCUT2D eigenvalue weighted by molar-refractivity contribution is 0.414. The Labute approximate surface area is 167 Å². The second-order valence-corrected chi connectivity index (χ2v) is 7.41. The molecule has 0 saturated carbocycles. The number of fused-ring (bicyclic) bond motifs is 1. The third-order valence-electron chi connectivity index (χ3n) is 4.18. The molecule has 0 bridgehead atoms. The first-order chi connectivity index (χ1) is 13.7. The number of methoxy groups -OCH3 is 1. The molecule has 0 aliphatic carbocycles. The molecule has 4 rings (SSSR count). The Bertz CT molecular complexity index is 1160.